The smallest absolute Gasteiger partial charge is 0.325 e. The van der Waals surface area contributed by atoms with Gasteiger partial charge in [0.25, 0.3) is 5.91 Å². The van der Waals surface area contributed by atoms with E-state index in [-0.39, 0.29) is 12.0 Å². The molecule has 7 heteroatoms. The summed E-state index contributed by atoms with van der Waals surface area (Å²) in [6.07, 6.45) is 3.67. The van der Waals surface area contributed by atoms with Gasteiger partial charge in [0, 0.05) is 24.5 Å². The van der Waals surface area contributed by atoms with Gasteiger partial charge in [-0.05, 0) is 67.0 Å². The average Bonchev–Trinajstić information content (AvgIpc) is 3.03. The zero-order valence-corrected chi connectivity index (χ0v) is 20.5. The average molecular weight is 463 g/mol. The number of hydrogen-bond donors (Lipinski definition) is 2. The summed E-state index contributed by atoms with van der Waals surface area (Å²) in [4.78, 5) is 41.8. The maximum absolute atomic E-state index is 13.2. The fourth-order valence-corrected chi connectivity index (χ4v) is 4.59. The molecule has 4 rings (SSSR count). The van der Waals surface area contributed by atoms with Crippen molar-refractivity contribution in [2.24, 2.45) is 0 Å². The Hall–Kier alpha value is -3.35. The van der Waals surface area contributed by atoms with Crippen LogP contribution in [0.5, 0.6) is 0 Å². The van der Waals surface area contributed by atoms with Crippen LogP contribution in [0.2, 0.25) is 0 Å². The van der Waals surface area contributed by atoms with Gasteiger partial charge < -0.3 is 15.5 Å². The molecule has 4 amide bonds. The molecule has 2 aromatic rings. The third-order valence-electron chi connectivity index (χ3n) is 6.78. The number of benzene rings is 2. The third kappa shape index (κ3) is 4.79. The highest BCUT2D eigenvalue weighted by Crippen LogP contribution is 2.31. The van der Waals surface area contributed by atoms with Crippen molar-refractivity contribution in [3.8, 4) is 0 Å². The summed E-state index contributed by atoms with van der Waals surface area (Å²) in [5.41, 5.74) is 2.38. The van der Waals surface area contributed by atoms with E-state index < -0.39 is 23.4 Å². The lowest BCUT2D eigenvalue weighted by Crippen LogP contribution is -2.42. The van der Waals surface area contributed by atoms with Crippen LogP contribution in [0.25, 0.3) is 0 Å². The lowest BCUT2D eigenvalue weighted by molar-refractivity contribution is -0.133. The van der Waals surface area contributed by atoms with E-state index in [4.69, 9.17) is 0 Å². The summed E-state index contributed by atoms with van der Waals surface area (Å²) < 4.78 is 0. The highest BCUT2D eigenvalue weighted by atomic mass is 16.2. The van der Waals surface area contributed by atoms with Gasteiger partial charge in [-0.1, -0.05) is 45.0 Å². The van der Waals surface area contributed by atoms with E-state index in [0.29, 0.717) is 11.3 Å². The number of hydrogen-bond acceptors (Lipinski definition) is 4. The highest BCUT2D eigenvalue weighted by Gasteiger charge is 2.49. The largest absolute Gasteiger partial charge is 0.372 e. The summed E-state index contributed by atoms with van der Waals surface area (Å²) in [7, 11) is 0. The predicted molar refractivity (Wildman–Crippen MR) is 134 cm³/mol. The molecule has 0 unspecified atom stereocenters. The van der Waals surface area contributed by atoms with Crippen LogP contribution in [0, 0.1) is 0 Å². The Kier molecular flexibility index (Phi) is 6.39. The lowest BCUT2D eigenvalue weighted by Gasteiger charge is -2.28. The van der Waals surface area contributed by atoms with Gasteiger partial charge in [-0.25, -0.2) is 4.79 Å². The van der Waals surface area contributed by atoms with Crippen LogP contribution >= 0.6 is 0 Å². The van der Waals surface area contributed by atoms with Gasteiger partial charge in [0.1, 0.15) is 12.1 Å². The second-order valence-corrected chi connectivity index (χ2v) is 10.4. The standard InChI is InChI=1S/C27H34N4O3/c1-26(2,3)19-8-10-20(11-9-19)27(4)24(33)31(25(34)29-27)18-23(32)28-21-12-14-22(15-13-21)30-16-6-5-7-17-30/h8-15H,5-7,16-18H2,1-4H3,(H,28,32)(H,29,34)/t27-/m1/s1. The molecule has 0 bridgehead atoms. The molecular formula is C27H34N4O3. The fourth-order valence-electron chi connectivity index (χ4n) is 4.59. The number of anilines is 2. The van der Waals surface area contributed by atoms with E-state index in [9.17, 15) is 14.4 Å². The maximum atomic E-state index is 13.2. The quantitative estimate of drug-likeness (QED) is 0.646. The number of urea groups is 1. The number of carbonyl (C=O) groups is 3. The van der Waals surface area contributed by atoms with Gasteiger partial charge in [-0.15, -0.1) is 0 Å². The molecule has 1 atom stereocenters. The zero-order valence-electron chi connectivity index (χ0n) is 20.5. The zero-order chi connectivity index (χ0) is 24.5. The third-order valence-corrected chi connectivity index (χ3v) is 6.78. The summed E-state index contributed by atoms with van der Waals surface area (Å²) >= 11 is 0. The molecule has 34 heavy (non-hydrogen) atoms. The number of amides is 4. The Labute approximate surface area is 201 Å². The van der Waals surface area contributed by atoms with Crippen molar-refractivity contribution >= 4 is 29.2 Å². The number of nitrogens with one attached hydrogen (secondary N) is 2. The van der Waals surface area contributed by atoms with Gasteiger partial charge in [0.2, 0.25) is 5.91 Å². The van der Waals surface area contributed by atoms with Crippen LogP contribution in [0.4, 0.5) is 16.2 Å². The molecule has 2 saturated heterocycles. The van der Waals surface area contributed by atoms with Crippen molar-refractivity contribution in [3.63, 3.8) is 0 Å². The second kappa shape index (κ2) is 9.12. The van der Waals surface area contributed by atoms with Crippen LogP contribution in [-0.4, -0.2) is 42.4 Å². The number of nitrogens with zero attached hydrogens (tertiary/aromatic N) is 2. The van der Waals surface area contributed by atoms with E-state index in [0.717, 1.165) is 29.2 Å². The summed E-state index contributed by atoms with van der Waals surface area (Å²) in [5, 5.41) is 5.57. The summed E-state index contributed by atoms with van der Waals surface area (Å²) in [5.74, 6) is -0.849. The van der Waals surface area contributed by atoms with E-state index in [1.54, 1.807) is 6.92 Å². The van der Waals surface area contributed by atoms with Crippen molar-refractivity contribution in [1.82, 2.24) is 10.2 Å². The first-order valence-electron chi connectivity index (χ1n) is 12.0. The minimum Gasteiger partial charge on any atom is -0.372 e. The normalized spacial score (nSPS) is 20.9. The molecule has 0 aliphatic carbocycles. The minimum atomic E-state index is -1.20. The summed E-state index contributed by atoms with van der Waals surface area (Å²) in [6.45, 7) is 9.80. The molecule has 7 nitrogen and oxygen atoms in total. The van der Waals surface area contributed by atoms with Crippen molar-refractivity contribution in [2.75, 3.05) is 29.9 Å². The van der Waals surface area contributed by atoms with Gasteiger partial charge >= 0.3 is 6.03 Å². The topological polar surface area (TPSA) is 81.8 Å². The van der Waals surface area contributed by atoms with Crippen molar-refractivity contribution < 1.29 is 14.4 Å². The molecule has 180 valence electrons. The van der Waals surface area contributed by atoms with E-state index >= 15 is 0 Å². The number of piperidine rings is 1. The predicted octanol–water partition coefficient (Wildman–Crippen LogP) is 4.38. The van der Waals surface area contributed by atoms with E-state index in [1.807, 2.05) is 48.5 Å². The molecule has 2 fully saturated rings. The van der Waals surface area contributed by atoms with Gasteiger partial charge in [-0.2, -0.15) is 0 Å². The molecular weight excluding hydrogens is 428 g/mol. The Morgan fingerprint density at radius 3 is 2.18 bits per heavy atom. The van der Waals surface area contributed by atoms with E-state index in [2.05, 4.69) is 36.3 Å². The monoisotopic (exact) mass is 462 g/mol. The fraction of sp³-hybridized carbons (Fsp3) is 0.444. The highest BCUT2D eigenvalue weighted by molar-refractivity contribution is 6.10. The molecule has 2 aliphatic rings. The van der Waals surface area contributed by atoms with Crippen LogP contribution in [-0.2, 0) is 20.5 Å². The van der Waals surface area contributed by atoms with Gasteiger partial charge in [0.05, 0.1) is 0 Å². The van der Waals surface area contributed by atoms with Crippen molar-refractivity contribution in [2.45, 2.75) is 57.9 Å². The molecule has 2 aromatic carbocycles. The van der Waals surface area contributed by atoms with Crippen LogP contribution < -0.4 is 15.5 Å². The maximum Gasteiger partial charge on any atom is 0.325 e. The Morgan fingerprint density at radius 1 is 0.971 bits per heavy atom. The molecule has 2 N–H and O–H groups in total. The van der Waals surface area contributed by atoms with Crippen molar-refractivity contribution in [1.29, 1.82) is 0 Å². The number of carbonyl (C=O) groups excluding carboxylic acids is 3. The molecule has 2 aliphatic heterocycles. The van der Waals surface area contributed by atoms with Gasteiger partial charge in [0.15, 0.2) is 0 Å². The number of rotatable bonds is 5. The molecule has 0 spiro atoms. The Bertz CT molecular complexity index is 1070. The first-order valence-corrected chi connectivity index (χ1v) is 12.0. The SMILES string of the molecule is CC(C)(C)c1ccc([C@@]2(C)NC(=O)N(CC(=O)Nc3ccc(N4CCCCC4)cc3)C2=O)cc1. The Balaban J connectivity index is 1.40. The second-order valence-electron chi connectivity index (χ2n) is 10.4. The molecule has 0 saturated carbocycles. The van der Waals surface area contributed by atoms with E-state index in [1.165, 1.54) is 19.3 Å². The molecule has 2 heterocycles. The van der Waals surface area contributed by atoms with Gasteiger partial charge in [-0.3, -0.25) is 14.5 Å². The first-order chi connectivity index (χ1) is 16.1. The van der Waals surface area contributed by atoms with Crippen LogP contribution in [0.1, 0.15) is 58.1 Å². The number of imide groups is 1. The Morgan fingerprint density at radius 2 is 1.59 bits per heavy atom. The first kappa shape index (κ1) is 23.8. The van der Waals surface area contributed by atoms with Crippen molar-refractivity contribution in [3.05, 3.63) is 59.7 Å². The lowest BCUT2D eigenvalue weighted by atomic mass is 9.84. The molecule has 0 radical (unpaired) electrons. The summed E-state index contributed by atoms with van der Waals surface area (Å²) in [6, 6.07) is 14.8. The van der Waals surface area contributed by atoms with Crippen LogP contribution in [0.3, 0.4) is 0 Å². The minimum absolute atomic E-state index is 0.0154. The van der Waals surface area contributed by atoms with Crippen LogP contribution in [0.15, 0.2) is 48.5 Å². The molecule has 0 aromatic heterocycles.